The number of rotatable bonds is 7. The van der Waals surface area contributed by atoms with Crippen LogP contribution in [-0.4, -0.2) is 50.4 Å². The van der Waals surface area contributed by atoms with Gasteiger partial charge in [-0.05, 0) is 37.7 Å². The lowest BCUT2D eigenvalue weighted by Gasteiger charge is -2.31. The van der Waals surface area contributed by atoms with E-state index in [0.717, 1.165) is 38.5 Å². The molecule has 1 aliphatic rings. The van der Waals surface area contributed by atoms with Crippen LogP contribution >= 0.6 is 0 Å². The summed E-state index contributed by atoms with van der Waals surface area (Å²) in [5.74, 6) is 0.916. The summed E-state index contributed by atoms with van der Waals surface area (Å²) in [5.41, 5.74) is 1.29. The van der Waals surface area contributed by atoms with Gasteiger partial charge in [0, 0.05) is 19.1 Å². The third-order valence-corrected chi connectivity index (χ3v) is 4.00. The molecule has 4 nitrogen and oxygen atoms in total. The molecule has 0 bridgehead atoms. The second kappa shape index (κ2) is 8.37. The van der Waals surface area contributed by atoms with Crippen molar-refractivity contribution in [2.24, 2.45) is 0 Å². The van der Waals surface area contributed by atoms with E-state index in [1.54, 1.807) is 0 Å². The Labute approximate surface area is 128 Å². The Morgan fingerprint density at radius 3 is 2.76 bits per heavy atom. The SMILES string of the molecule is CCNC(C)c1ccc(OCC2CN(CC)CCO2)cc1. The highest BCUT2D eigenvalue weighted by molar-refractivity contribution is 5.29. The van der Waals surface area contributed by atoms with Crippen molar-refractivity contribution in [1.29, 1.82) is 0 Å². The van der Waals surface area contributed by atoms with Gasteiger partial charge in [-0.3, -0.25) is 4.90 Å². The Kier molecular flexibility index (Phi) is 6.49. The molecule has 1 aromatic carbocycles. The minimum atomic E-state index is 0.180. The van der Waals surface area contributed by atoms with Gasteiger partial charge < -0.3 is 14.8 Å². The fourth-order valence-electron chi connectivity index (χ4n) is 2.63. The van der Waals surface area contributed by atoms with Crippen LogP contribution in [0.5, 0.6) is 5.75 Å². The van der Waals surface area contributed by atoms with Crippen LogP contribution in [-0.2, 0) is 4.74 Å². The van der Waals surface area contributed by atoms with Gasteiger partial charge in [-0.15, -0.1) is 0 Å². The Morgan fingerprint density at radius 1 is 1.33 bits per heavy atom. The van der Waals surface area contributed by atoms with E-state index in [1.165, 1.54) is 5.56 Å². The van der Waals surface area contributed by atoms with Crippen LogP contribution in [0.4, 0.5) is 0 Å². The maximum atomic E-state index is 5.86. The standard InChI is InChI=1S/C17H28N2O2/c1-4-18-14(3)15-6-8-16(9-7-15)21-13-17-12-19(5-2)10-11-20-17/h6-9,14,17-18H,4-5,10-13H2,1-3H3. The van der Waals surface area contributed by atoms with Crippen LogP contribution in [0.3, 0.4) is 0 Å². The van der Waals surface area contributed by atoms with Gasteiger partial charge in [0.2, 0.25) is 0 Å². The minimum absolute atomic E-state index is 0.180. The lowest BCUT2D eigenvalue weighted by atomic mass is 10.1. The van der Waals surface area contributed by atoms with Gasteiger partial charge in [0.05, 0.1) is 6.61 Å². The average molecular weight is 292 g/mol. The molecule has 1 N–H and O–H groups in total. The number of nitrogens with one attached hydrogen (secondary N) is 1. The van der Waals surface area contributed by atoms with Crippen molar-refractivity contribution in [2.75, 3.05) is 39.4 Å². The molecular formula is C17H28N2O2. The number of hydrogen-bond donors (Lipinski definition) is 1. The van der Waals surface area contributed by atoms with Crippen molar-refractivity contribution in [3.63, 3.8) is 0 Å². The summed E-state index contributed by atoms with van der Waals surface area (Å²) in [5, 5.41) is 3.41. The van der Waals surface area contributed by atoms with Crippen LogP contribution in [0.25, 0.3) is 0 Å². The third-order valence-electron chi connectivity index (χ3n) is 4.00. The first kappa shape index (κ1) is 16.3. The summed E-state index contributed by atoms with van der Waals surface area (Å²) in [7, 11) is 0. The summed E-state index contributed by atoms with van der Waals surface area (Å²) in [4.78, 5) is 2.40. The normalized spacial score (nSPS) is 21.2. The molecule has 1 saturated heterocycles. The van der Waals surface area contributed by atoms with E-state index < -0.39 is 0 Å². The molecule has 1 aliphatic heterocycles. The fraction of sp³-hybridized carbons (Fsp3) is 0.647. The molecule has 0 aromatic heterocycles. The second-order valence-corrected chi connectivity index (χ2v) is 5.55. The van der Waals surface area contributed by atoms with Crippen LogP contribution in [0.2, 0.25) is 0 Å². The van der Waals surface area contributed by atoms with Crippen LogP contribution < -0.4 is 10.1 Å². The van der Waals surface area contributed by atoms with Gasteiger partial charge in [-0.2, -0.15) is 0 Å². The molecule has 21 heavy (non-hydrogen) atoms. The zero-order valence-electron chi connectivity index (χ0n) is 13.5. The summed E-state index contributed by atoms with van der Waals surface area (Å²) < 4.78 is 11.6. The highest BCUT2D eigenvalue weighted by Crippen LogP contribution is 2.18. The smallest absolute Gasteiger partial charge is 0.119 e. The summed E-state index contributed by atoms with van der Waals surface area (Å²) in [6, 6.07) is 8.72. The highest BCUT2D eigenvalue weighted by atomic mass is 16.5. The van der Waals surface area contributed by atoms with Gasteiger partial charge in [-0.1, -0.05) is 26.0 Å². The molecule has 0 saturated carbocycles. The van der Waals surface area contributed by atoms with E-state index in [9.17, 15) is 0 Å². The van der Waals surface area contributed by atoms with Crippen LogP contribution in [0, 0.1) is 0 Å². The highest BCUT2D eigenvalue weighted by Gasteiger charge is 2.19. The first-order valence-corrected chi connectivity index (χ1v) is 8.03. The Hall–Kier alpha value is -1.10. The van der Waals surface area contributed by atoms with Gasteiger partial charge in [0.1, 0.15) is 18.5 Å². The fourth-order valence-corrected chi connectivity index (χ4v) is 2.63. The van der Waals surface area contributed by atoms with Crippen LogP contribution in [0.15, 0.2) is 24.3 Å². The number of morpholine rings is 1. The first-order chi connectivity index (χ1) is 10.2. The van der Waals surface area contributed by atoms with E-state index in [0.29, 0.717) is 12.6 Å². The Balaban J connectivity index is 1.80. The molecule has 2 rings (SSSR count). The van der Waals surface area contributed by atoms with Crippen molar-refractivity contribution < 1.29 is 9.47 Å². The monoisotopic (exact) mass is 292 g/mol. The quantitative estimate of drug-likeness (QED) is 0.837. The van der Waals surface area contributed by atoms with Crippen molar-refractivity contribution in [3.05, 3.63) is 29.8 Å². The van der Waals surface area contributed by atoms with E-state index in [4.69, 9.17) is 9.47 Å². The molecule has 2 unspecified atom stereocenters. The molecule has 118 valence electrons. The Bertz CT molecular complexity index is 408. The number of nitrogens with zero attached hydrogens (tertiary/aromatic N) is 1. The third kappa shape index (κ3) is 4.99. The molecule has 1 aromatic rings. The predicted octanol–water partition coefficient (Wildman–Crippen LogP) is 2.46. The lowest BCUT2D eigenvalue weighted by Crippen LogP contribution is -2.44. The zero-order valence-corrected chi connectivity index (χ0v) is 13.5. The largest absolute Gasteiger partial charge is 0.491 e. The van der Waals surface area contributed by atoms with Crippen molar-refractivity contribution >= 4 is 0 Å². The van der Waals surface area contributed by atoms with Gasteiger partial charge in [-0.25, -0.2) is 0 Å². The predicted molar refractivity (Wildman–Crippen MR) is 85.9 cm³/mol. The Morgan fingerprint density at radius 2 is 2.10 bits per heavy atom. The van der Waals surface area contributed by atoms with E-state index in [2.05, 4.69) is 43.1 Å². The summed E-state index contributed by atoms with van der Waals surface area (Å²) >= 11 is 0. The summed E-state index contributed by atoms with van der Waals surface area (Å²) in [6.45, 7) is 12.0. The van der Waals surface area contributed by atoms with E-state index in [-0.39, 0.29) is 6.10 Å². The van der Waals surface area contributed by atoms with Crippen molar-refractivity contribution in [3.8, 4) is 5.75 Å². The molecule has 2 atom stereocenters. The number of ether oxygens (including phenoxy) is 2. The van der Waals surface area contributed by atoms with E-state index >= 15 is 0 Å². The molecule has 0 amide bonds. The minimum Gasteiger partial charge on any atom is -0.491 e. The molecular weight excluding hydrogens is 264 g/mol. The lowest BCUT2D eigenvalue weighted by molar-refractivity contribution is -0.0464. The maximum absolute atomic E-state index is 5.86. The summed E-state index contributed by atoms with van der Waals surface area (Å²) in [6.07, 6.45) is 0.180. The average Bonchev–Trinajstić information content (AvgIpc) is 2.54. The molecule has 1 fully saturated rings. The van der Waals surface area contributed by atoms with Crippen LogP contribution in [0.1, 0.15) is 32.4 Å². The van der Waals surface area contributed by atoms with Gasteiger partial charge >= 0.3 is 0 Å². The molecule has 0 aliphatic carbocycles. The molecule has 0 spiro atoms. The number of likely N-dealkylation sites (N-methyl/N-ethyl adjacent to an activating group) is 1. The number of benzene rings is 1. The van der Waals surface area contributed by atoms with Gasteiger partial charge in [0.15, 0.2) is 0 Å². The van der Waals surface area contributed by atoms with E-state index in [1.807, 2.05) is 12.1 Å². The topological polar surface area (TPSA) is 33.7 Å². The first-order valence-electron chi connectivity index (χ1n) is 8.03. The molecule has 4 heteroatoms. The van der Waals surface area contributed by atoms with Crippen molar-refractivity contribution in [2.45, 2.75) is 32.9 Å². The molecule has 0 radical (unpaired) electrons. The second-order valence-electron chi connectivity index (χ2n) is 5.55. The maximum Gasteiger partial charge on any atom is 0.119 e. The number of hydrogen-bond acceptors (Lipinski definition) is 4. The van der Waals surface area contributed by atoms with Gasteiger partial charge in [0.25, 0.3) is 0 Å². The molecule has 1 heterocycles. The zero-order chi connectivity index (χ0) is 15.1. The van der Waals surface area contributed by atoms with Crippen molar-refractivity contribution in [1.82, 2.24) is 10.2 Å².